The normalized spacial score (nSPS) is 13.2. The van der Waals surface area contributed by atoms with Gasteiger partial charge in [0.15, 0.2) is 0 Å². The Labute approximate surface area is 228 Å². The average molecular weight is 524 g/mol. The van der Waals surface area contributed by atoms with Gasteiger partial charge in [0.05, 0.1) is 0 Å². The number of hydrogen-bond acceptors (Lipinski definition) is 4. The standard InChI is InChI=1S/C31H45N3O4/c1-18(2)25(33-30(37)38-31(9,10)11)29(36)34(19(3)4)27(24-20(5)14-12-15-21(24)6)28(35)32-26-22(7)16-13-17-23(26)8/h12-19,25,27H,1-11H3,(H,32,35)(H,33,37). The van der Waals surface area contributed by atoms with Crippen LogP contribution in [0.25, 0.3) is 0 Å². The fraction of sp³-hybridized carbons (Fsp3) is 0.516. The zero-order valence-electron chi connectivity index (χ0n) is 24.9. The van der Waals surface area contributed by atoms with Gasteiger partial charge in [-0.1, -0.05) is 50.2 Å². The molecule has 0 aliphatic carbocycles. The second-order valence-electron chi connectivity index (χ2n) is 11.7. The summed E-state index contributed by atoms with van der Waals surface area (Å²) in [6, 6.07) is 9.55. The van der Waals surface area contributed by atoms with Crippen LogP contribution in [-0.2, 0) is 14.3 Å². The van der Waals surface area contributed by atoms with Crippen molar-refractivity contribution < 1.29 is 19.1 Å². The highest BCUT2D eigenvalue weighted by Gasteiger charge is 2.40. The molecule has 3 amide bonds. The van der Waals surface area contributed by atoms with Gasteiger partial charge in [0.1, 0.15) is 17.7 Å². The second-order valence-corrected chi connectivity index (χ2v) is 11.7. The van der Waals surface area contributed by atoms with Crippen LogP contribution in [-0.4, -0.2) is 40.5 Å². The fourth-order valence-corrected chi connectivity index (χ4v) is 4.65. The van der Waals surface area contributed by atoms with E-state index in [4.69, 9.17) is 4.74 Å². The summed E-state index contributed by atoms with van der Waals surface area (Å²) in [6.07, 6.45) is -0.670. The summed E-state index contributed by atoms with van der Waals surface area (Å²) < 4.78 is 5.44. The SMILES string of the molecule is Cc1cccc(C)c1NC(=O)C(c1c(C)cccc1C)N(C(=O)C(NC(=O)OC(C)(C)C)C(C)C)C(C)C. The number of hydrogen-bond donors (Lipinski definition) is 2. The van der Waals surface area contributed by atoms with Crippen molar-refractivity contribution in [2.75, 3.05) is 5.32 Å². The first kappa shape index (κ1) is 30.9. The van der Waals surface area contributed by atoms with Crippen LogP contribution in [0, 0.1) is 33.6 Å². The van der Waals surface area contributed by atoms with Crippen molar-refractivity contribution >= 4 is 23.6 Å². The number of nitrogens with one attached hydrogen (secondary N) is 2. The van der Waals surface area contributed by atoms with Crippen LogP contribution < -0.4 is 10.6 Å². The molecule has 0 saturated carbocycles. The lowest BCUT2D eigenvalue weighted by molar-refractivity contribution is -0.143. The smallest absolute Gasteiger partial charge is 0.408 e. The Bertz CT molecular complexity index is 1120. The molecule has 2 N–H and O–H groups in total. The number of para-hydroxylation sites is 1. The fourth-order valence-electron chi connectivity index (χ4n) is 4.65. The number of benzene rings is 2. The van der Waals surface area contributed by atoms with Crippen molar-refractivity contribution in [3.63, 3.8) is 0 Å². The predicted octanol–water partition coefficient (Wildman–Crippen LogP) is 6.39. The monoisotopic (exact) mass is 523 g/mol. The van der Waals surface area contributed by atoms with Crippen LogP contribution in [0.4, 0.5) is 10.5 Å². The van der Waals surface area contributed by atoms with Crippen molar-refractivity contribution in [3.8, 4) is 0 Å². The molecule has 0 fully saturated rings. The number of alkyl carbamates (subject to hydrolysis) is 1. The molecule has 208 valence electrons. The van der Waals surface area contributed by atoms with Crippen molar-refractivity contribution in [1.82, 2.24) is 10.2 Å². The van der Waals surface area contributed by atoms with E-state index in [-0.39, 0.29) is 23.8 Å². The van der Waals surface area contributed by atoms with E-state index >= 15 is 0 Å². The summed E-state index contributed by atoms with van der Waals surface area (Å²) in [5.74, 6) is -0.886. The summed E-state index contributed by atoms with van der Waals surface area (Å²) in [6.45, 7) is 20.6. The number of anilines is 1. The molecule has 0 aromatic heterocycles. The number of aryl methyl sites for hydroxylation is 4. The van der Waals surface area contributed by atoms with Crippen LogP contribution in [0.1, 0.15) is 82.3 Å². The molecule has 0 spiro atoms. The zero-order valence-corrected chi connectivity index (χ0v) is 24.9. The van der Waals surface area contributed by atoms with Gasteiger partial charge in [-0.05, 0) is 96.0 Å². The average Bonchev–Trinajstić information content (AvgIpc) is 2.77. The number of rotatable bonds is 8. The molecule has 2 atom stereocenters. The quantitative estimate of drug-likeness (QED) is 0.420. The van der Waals surface area contributed by atoms with Gasteiger partial charge >= 0.3 is 6.09 Å². The topological polar surface area (TPSA) is 87.7 Å². The molecule has 2 aromatic carbocycles. The Kier molecular flexibility index (Phi) is 10.1. The largest absolute Gasteiger partial charge is 0.444 e. The van der Waals surface area contributed by atoms with E-state index in [0.717, 1.165) is 33.5 Å². The lowest BCUT2D eigenvalue weighted by Gasteiger charge is -2.39. The zero-order chi connectivity index (χ0) is 28.9. The molecule has 38 heavy (non-hydrogen) atoms. The highest BCUT2D eigenvalue weighted by atomic mass is 16.6. The molecule has 2 rings (SSSR count). The number of carbonyl (C=O) groups is 3. The first-order valence-corrected chi connectivity index (χ1v) is 13.3. The summed E-state index contributed by atoms with van der Waals surface area (Å²) >= 11 is 0. The minimum Gasteiger partial charge on any atom is -0.444 e. The Morgan fingerprint density at radius 2 is 1.29 bits per heavy atom. The van der Waals surface area contributed by atoms with Crippen molar-refractivity contribution in [2.24, 2.45) is 5.92 Å². The number of nitrogens with zero attached hydrogens (tertiary/aromatic N) is 1. The third-order valence-electron chi connectivity index (χ3n) is 6.49. The van der Waals surface area contributed by atoms with E-state index in [1.54, 1.807) is 25.7 Å². The maximum Gasteiger partial charge on any atom is 0.408 e. The third kappa shape index (κ3) is 7.59. The summed E-state index contributed by atoms with van der Waals surface area (Å²) in [4.78, 5) is 42.7. The van der Waals surface area contributed by atoms with E-state index in [2.05, 4.69) is 10.6 Å². The highest BCUT2D eigenvalue weighted by Crippen LogP contribution is 2.32. The van der Waals surface area contributed by atoms with Crippen LogP contribution in [0.5, 0.6) is 0 Å². The molecule has 2 unspecified atom stereocenters. The molecule has 0 radical (unpaired) electrons. The first-order chi connectivity index (χ1) is 17.5. The second kappa shape index (κ2) is 12.5. The number of amides is 3. The molecule has 0 saturated heterocycles. The molecular formula is C31H45N3O4. The van der Waals surface area contributed by atoms with Gasteiger partial charge < -0.3 is 20.3 Å². The third-order valence-corrected chi connectivity index (χ3v) is 6.49. The lowest BCUT2D eigenvalue weighted by atomic mass is 9.91. The molecule has 2 aromatic rings. The van der Waals surface area contributed by atoms with Crippen LogP contribution in [0.3, 0.4) is 0 Å². The maximum absolute atomic E-state index is 14.2. The Hall–Kier alpha value is -3.35. The van der Waals surface area contributed by atoms with Gasteiger partial charge in [-0.25, -0.2) is 4.79 Å². The molecule has 7 heteroatoms. The number of carbonyl (C=O) groups excluding carboxylic acids is 3. The van der Waals surface area contributed by atoms with Gasteiger partial charge in [-0.15, -0.1) is 0 Å². The number of ether oxygens (including phenoxy) is 1. The summed E-state index contributed by atoms with van der Waals surface area (Å²) in [5, 5.41) is 5.88. The van der Waals surface area contributed by atoms with Crippen molar-refractivity contribution in [3.05, 3.63) is 64.2 Å². The van der Waals surface area contributed by atoms with E-state index in [0.29, 0.717) is 0 Å². The van der Waals surface area contributed by atoms with E-state index in [1.165, 1.54) is 0 Å². The highest BCUT2D eigenvalue weighted by molar-refractivity contribution is 6.00. The molecule has 0 bridgehead atoms. The molecule has 0 heterocycles. The lowest BCUT2D eigenvalue weighted by Crippen LogP contribution is -2.56. The van der Waals surface area contributed by atoms with E-state index in [1.807, 2.05) is 91.8 Å². The first-order valence-electron chi connectivity index (χ1n) is 13.3. The minimum absolute atomic E-state index is 0.239. The predicted molar refractivity (Wildman–Crippen MR) is 153 cm³/mol. The minimum atomic E-state index is -0.913. The van der Waals surface area contributed by atoms with Gasteiger partial charge in [0.2, 0.25) is 5.91 Å². The Morgan fingerprint density at radius 3 is 1.71 bits per heavy atom. The summed E-state index contributed by atoms with van der Waals surface area (Å²) in [5.41, 5.74) is 4.49. The van der Waals surface area contributed by atoms with Crippen molar-refractivity contribution in [2.45, 2.75) is 99.9 Å². The van der Waals surface area contributed by atoms with Crippen LogP contribution >= 0.6 is 0 Å². The molecular weight excluding hydrogens is 478 g/mol. The Morgan fingerprint density at radius 1 is 0.816 bits per heavy atom. The maximum atomic E-state index is 14.2. The van der Waals surface area contributed by atoms with Gasteiger partial charge in [-0.2, -0.15) is 0 Å². The van der Waals surface area contributed by atoms with Gasteiger partial charge in [0, 0.05) is 11.7 Å². The summed E-state index contributed by atoms with van der Waals surface area (Å²) in [7, 11) is 0. The van der Waals surface area contributed by atoms with Crippen LogP contribution in [0.2, 0.25) is 0 Å². The van der Waals surface area contributed by atoms with E-state index < -0.39 is 23.8 Å². The molecule has 0 aliphatic rings. The van der Waals surface area contributed by atoms with E-state index in [9.17, 15) is 14.4 Å². The molecule has 7 nitrogen and oxygen atoms in total. The Balaban J connectivity index is 2.63. The van der Waals surface area contributed by atoms with Crippen molar-refractivity contribution in [1.29, 1.82) is 0 Å². The molecule has 0 aliphatic heterocycles. The van der Waals surface area contributed by atoms with Gasteiger partial charge in [0.25, 0.3) is 5.91 Å². The van der Waals surface area contributed by atoms with Gasteiger partial charge in [-0.3, -0.25) is 9.59 Å². The van der Waals surface area contributed by atoms with Crippen LogP contribution in [0.15, 0.2) is 36.4 Å².